The van der Waals surface area contributed by atoms with Crippen molar-refractivity contribution in [2.24, 2.45) is 5.92 Å². The molecule has 0 unspecified atom stereocenters. The van der Waals surface area contributed by atoms with E-state index in [-0.39, 0.29) is 11.7 Å². The molecule has 33 heavy (non-hydrogen) atoms. The Hall–Kier alpha value is -2.72. The van der Waals surface area contributed by atoms with E-state index in [1.807, 2.05) is 10.6 Å². The fraction of sp³-hybridized carbons (Fsp3) is 0.652. The average Bonchev–Trinajstić information content (AvgIpc) is 3.38. The standard InChI is InChI=1S/C23H31N7O3/c31-20-5-1-4-19-17-11-16(14-30(19)20)13-29(15-17)23-26-21(24-12-18-3-2-8-33-18)25-22(27-23)28-6-9-32-10-7-28/h1,4-5,16-18H,2-3,6-15H2,(H,24,25,26,27)/t16-,17-,18+/m0/s1. The third-order valence-corrected chi connectivity index (χ3v) is 7.18. The molecule has 0 radical (unpaired) electrons. The Morgan fingerprint density at radius 1 is 1.00 bits per heavy atom. The Kier molecular flexibility index (Phi) is 5.63. The first-order chi connectivity index (χ1) is 16.2. The minimum Gasteiger partial charge on any atom is -0.378 e. The second-order valence-corrected chi connectivity index (χ2v) is 9.48. The predicted molar refractivity (Wildman–Crippen MR) is 124 cm³/mol. The van der Waals surface area contributed by atoms with Gasteiger partial charge >= 0.3 is 0 Å². The van der Waals surface area contributed by atoms with Crippen LogP contribution < -0.4 is 20.7 Å². The molecular formula is C23H31N7O3. The topological polar surface area (TPSA) is 97.6 Å². The minimum absolute atomic E-state index is 0.103. The molecule has 10 heteroatoms. The SMILES string of the molecule is O=c1cccc2n1C[C@H]1C[C@H]2CN(c2nc(NC[C@H]3CCCO3)nc(N3CCOCC3)n2)C1. The highest BCUT2D eigenvalue weighted by molar-refractivity contribution is 5.46. The van der Waals surface area contributed by atoms with Crippen LogP contribution in [0.2, 0.25) is 0 Å². The summed E-state index contributed by atoms with van der Waals surface area (Å²) in [6, 6.07) is 5.63. The molecule has 2 bridgehead atoms. The summed E-state index contributed by atoms with van der Waals surface area (Å²) in [6.45, 7) is 6.84. The molecule has 0 saturated carbocycles. The van der Waals surface area contributed by atoms with Crippen molar-refractivity contribution in [1.82, 2.24) is 19.5 Å². The molecule has 0 aliphatic carbocycles. The van der Waals surface area contributed by atoms with Gasteiger partial charge in [0, 0.05) is 63.6 Å². The first kappa shape index (κ1) is 20.9. The van der Waals surface area contributed by atoms with Gasteiger partial charge in [0.05, 0.1) is 19.3 Å². The molecular weight excluding hydrogens is 422 g/mol. The van der Waals surface area contributed by atoms with Crippen LogP contribution in [-0.4, -0.2) is 78.2 Å². The van der Waals surface area contributed by atoms with Crippen molar-refractivity contribution in [2.75, 3.05) is 67.7 Å². The van der Waals surface area contributed by atoms with Crippen molar-refractivity contribution in [1.29, 1.82) is 0 Å². The molecule has 1 N–H and O–H groups in total. The van der Waals surface area contributed by atoms with E-state index < -0.39 is 0 Å². The van der Waals surface area contributed by atoms with E-state index in [0.717, 1.165) is 64.3 Å². The number of pyridine rings is 1. The number of fused-ring (bicyclic) bond motifs is 4. The van der Waals surface area contributed by atoms with Gasteiger partial charge < -0.3 is 29.2 Å². The maximum absolute atomic E-state index is 12.4. The molecule has 0 aromatic carbocycles. The van der Waals surface area contributed by atoms with E-state index in [4.69, 9.17) is 24.4 Å². The van der Waals surface area contributed by atoms with Crippen LogP contribution >= 0.6 is 0 Å². The van der Waals surface area contributed by atoms with Gasteiger partial charge in [-0.05, 0) is 31.2 Å². The summed E-state index contributed by atoms with van der Waals surface area (Å²) in [7, 11) is 0. The molecule has 6 rings (SSSR count). The van der Waals surface area contributed by atoms with Crippen LogP contribution in [0.3, 0.4) is 0 Å². The second-order valence-electron chi connectivity index (χ2n) is 9.48. The summed E-state index contributed by atoms with van der Waals surface area (Å²) < 4.78 is 13.2. The van der Waals surface area contributed by atoms with Crippen LogP contribution in [0.15, 0.2) is 23.0 Å². The number of rotatable bonds is 5. The average molecular weight is 454 g/mol. The lowest BCUT2D eigenvalue weighted by molar-refractivity contribution is 0.120. The first-order valence-electron chi connectivity index (χ1n) is 12.1. The summed E-state index contributed by atoms with van der Waals surface area (Å²) in [5.74, 6) is 2.72. The normalized spacial score (nSPS) is 26.8. The third kappa shape index (κ3) is 4.29. The molecule has 3 atom stereocenters. The van der Waals surface area contributed by atoms with Gasteiger partial charge in [-0.1, -0.05) is 6.07 Å². The van der Waals surface area contributed by atoms with Crippen LogP contribution in [0.1, 0.15) is 30.9 Å². The van der Waals surface area contributed by atoms with Gasteiger partial charge in [-0.2, -0.15) is 15.0 Å². The summed E-state index contributed by atoms with van der Waals surface area (Å²) in [5.41, 5.74) is 1.23. The summed E-state index contributed by atoms with van der Waals surface area (Å²) in [4.78, 5) is 31.3. The van der Waals surface area contributed by atoms with Gasteiger partial charge in [0.25, 0.3) is 5.56 Å². The van der Waals surface area contributed by atoms with Crippen molar-refractivity contribution in [3.05, 3.63) is 34.2 Å². The summed E-state index contributed by atoms with van der Waals surface area (Å²) >= 11 is 0. The lowest BCUT2D eigenvalue weighted by atomic mass is 9.83. The Morgan fingerprint density at radius 2 is 1.85 bits per heavy atom. The molecule has 2 aromatic heterocycles. The van der Waals surface area contributed by atoms with Crippen LogP contribution in [0.5, 0.6) is 0 Å². The van der Waals surface area contributed by atoms with Crippen molar-refractivity contribution >= 4 is 17.8 Å². The molecule has 3 fully saturated rings. The van der Waals surface area contributed by atoms with Gasteiger partial charge in [-0.15, -0.1) is 0 Å². The van der Waals surface area contributed by atoms with E-state index >= 15 is 0 Å². The molecule has 0 spiro atoms. The highest BCUT2D eigenvalue weighted by Gasteiger charge is 2.36. The van der Waals surface area contributed by atoms with E-state index in [1.165, 1.54) is 0 Å². The fourth-order valence-electron chi connectivity index (χ4n) is 5.55. The number of hydrogen-bond donors (Lipinski definition) is 1. The Bertz CT molecular complexity index is 1050. The van der Waals surface area contributed by atoms with Crippen LogP contribution in [0.4, 0.5) is 17.8 Å². The lowest BCUT2D eigenvalue weighted by Gasteiger charge is -2.42. The number of ether oxygens (including phenoxy) is 2. The Labute approximate surface area is 192 Å². The molecule has 3 saturated heterocycles. The first-order valence-corrected chi connectivity index (χ1v) is 12.1. The zero-order chi connectivity index (χ0) is 22.2. The summed E-state index contributed by atoms with van der Waals surface area (Å²) in [5, 5.41) is 3.40. The van der Waals surface area contributed by atoms with Crippen LogP contribution in [0.25, 0.3) is 0 Å². The highest BCUT2D eigenvalue weighted by atomic mass is 16.5. The van der Waals surface area contributed by atoms with Crippen molar-refractivity contribution in [2.45, 2.75) is 37.8 Å². The molecule has 10 nitrogen and oxygen atoms in total. The number of aromatic nitrogens is 4. The monoisotopic (exact) mass is 453 g/mol. The second kappa shape index (κ2) is 8.90. The number of piperidine rings is 1. The van der Waals surface area contributed by atoms with E-state index in [1.54, 1.807) is 6.07 Å². The van der Waals surface area contributed by atoms with Crippen LogP contribution in [-0.2, 0) is 16.0 Å². The Morgan fingerprint density at radius 3 is 2.67 bits per heavy atom. The van der Waals surface area contributed by atoms with Crippen molar-refractivity contribution in [3.8, 4) is 0 Å². The number of nitrogens with zero attached hydrogens (tertiary/aromatic N) is 6. The Balaban J connectivity index is 1.28. The van der Waals surface area contributed by atoms with Crippen molar-refractivity contribution < 1.29 is 9.47 Å². The lowest BCUT2D eigenvalue weighted by Crippen LogP contribution is -2.48. The van der Waals surface area contributed by atoms with E-state index in [2.05, 4.69) is 21.2 Å². The molecule has 4 aliphatic heterocycles. The molecule has 2 aromatic rings. The summed E-state index contributed by atoms with van der Waals surface area (Å²) in [6.07, 6.45) is 3.48. The number of hydrogen-bond acceptors (Lipinski definition) is 9. The highest BCUT2D eigenvalue weighted by Crippen LogP contribution is 2.36. The maximum Gasteiger partial charge on any atom is 0.250 e. The predicted octanol–water partition coefficient (Wildman–Crippen LogP) is 1.08. The molecule has 4 aliphatic rings. The quantitative estimate of drug-likeness (QED) is 0.713. The van der Waals surface area contributed by atoms with Gasteiger partial charge in [0.1, 0.15) is 0 Å². The van der Waals surface area contributed by atoms with E-state index in [9.17, 15) is 4.79 Å². The molecule has 176 valence electrons. The largest absolute Gasteiger partial charge is 0.378 e. The van der Waals surface area contributed by atoms with Gasteiger partial charge in [-0.25, -0.2) is 0 Å². The smallest absolute Gasteiger partial charge is 0.250 e. The zero-order valence-electron chi connectivity index (χ0n) is 18.9. The molecule has 6 heterocycles. The number of nitrogens with one attached hydrogen (secondary N) is 1. The van der Waals surface area contributed by atoms with Gasteiger partial charge in [0.15, 0.2) is 0 Å². The fourth-order valence-corrected chi connectivity index (χ4v) is 5.55. The third-order valence-electron chi connectivity index (χ3n) is 7.18. The minimum atomic E-state index is 0.103. The van der Waals surface area contributed by atoms with Crippen LogP contribution in [0, 0.1) is 5.92 Å². The van der Waals surface area contributed by atoms with E-state index in [0.29, 0.717) is 49.4 Å². The number of anilines is 3. The van der Waals surface area contributed by atoms with Gasteiger partial charge in [0.2, 0.25) is 17.8 Å². The zero-order valence-corrected chi connectivity index (χ0v) is 18.9. The maximum atomic E-state index is 12.4. The van der Waals surface area contributed by atoms with Crippen molar-refractivity contribution in [3.63, 3.8) is 0 Å². The van der Waals surface area contributed by atoms with Gasteiger partial charge in [-0.3, -0.25) is 4.79 Å². The molecule has 0 amide bonds. The number of morpholine rings is 1.